The fourth-order valence-corrected chi connectivity index (χ4v) is 5.33. The Labute approximate surface area is 206 Å². The van der Waals surface area contributed by atoms with Crippen LogP contribution in [0.25, 0.3) is 11.1 Å². The molecule has 1 saturated carbocycles. The van der Waals surface area contributed by atoms with E-state index in [1.807, 2.05) is 31.2 Å². The fraction of sp³-hybridized carbons (Fsp3) is 0.464. The smallest absolute Gasteiger partial charge is 0.407 e. The monoisotopic (exact) mass is 478 g/mol. The average molecular weight is 479 g/mol. The first-order chi connectivity index (χ1) is 16.9. The van der Waals surface area contributed by atoms with Gasteiger partial charge in [0.1, 0.15) is 6.61 Å². The third-order valence-corrected chi connectivity index (χ3v) is 7.34. The van der Waals surface area contributed by atoms with Crippen molar-refractivity contribution in [2.75, 3.05) is 19.7 Å². The van der Waals surface area contributed by atoms with Crippen molar-refractivity contribution in [2.24, 2.45) is 17.8 Å². The Morgan fingerprint density at radius 3 is 2.31 bits per heavy atom. The average Bonchev–Trinajstić information content (AvgIpc) is 3.46. The minimum atomic E-state index is -0.769. The normalized spacial score (nSPS) is 19.5. The lowest BCUT2D eigenvalue weighted by atomic mass is 9.96. The Balaban J connectivity index is 1.16. The number of amides is 2. The minimum absolute atomic E-state index is 0.0177. The summed E-state index contributed by atoms with van der Waals surface area (Å²) in [5.74, 6) is -1.04. The molecule has 3 unspecified atom stereocenters. The fourth-order valence-electron chi connectivity index (χ4n) is 5.33. The van der Waals surface area contributed by atoms with Gasteiger partial charge >= 0.3 is 12.1 Å². The van der Waals surface area contributed by atoms with Crippen LogP contribution in [0, 0.1) is 17.8 Å². The van der Waals surface area contributed by atoms with Gasteiger partial charge in [0, 0.05) is 25.4 Å². The van der Waals surface area contributed by atoms with Crippen LogP contribution in [-0.2, 0) is 14.3 Å². The van der Waals surface area contributed by atoms with E-state index in [0.717, 1.165) is 12.8 Å². The van der Waals surface area contributed by atoms with Crippen molar-refractivity contribution in [3.63, 3.8) is 0 Å². The van der Waals surface area contributed by atoms with Crippen molar-refractivity contribution in [1.82, 2.24) is 10.6 Å². The molecule has 0 heterocycles. The summed E-state index contributed by atoms with van der Waals surface area (Å²) in [6, 6.07) is 16.4. The molecule has 0 spiro atoms. The highest BCUT2D eigenvalue weighted by Crippen LogP contribution is 2.44. The molecule has 7 nitrogen and oxygen atoms in total. The van der Waals surface area contributed by atoms with Crippen molar-refractivity contribution in [2.45, 2.75) is 44.9 Å². The van der Waals surface area contributed by atoms with Crippen molar-refractivity contribution in [3.8, 4) is 11.1 Å². The number of alkyl carbamates (subject to hydrolysis) is 1. The van der Waals surface area contributed by atoms with E-state index in [1.54, 1.807) is 0 Å². The Morgan fingerprint density at radius 1 is 1.00 bits per heavy atom. The van der Waals surface area contributed by atoms with Gasteiger partial charge in [0.05, 0.1) is 5.92 Å². The van der Waals surface area contributed by atoms with Gasteiger partial charge in [-0.1, -0.05) is 61.9 Å². The summed E-state index contributed by atoms with van der Waals surface area (Å²) in [4.78, 5) is 35.8. The van der Waals surface area contributed by atoms with Gasteiger partial charge in [0.25, 0.3) is 0 Å². The molecular formula is C28H34N2O5. The number of carboxylic acid groups (broad SMARTS) is 1. The number of benzene rings is 2. The number of hydrogen-bond acceptors (Lipinski definition) is 4. The zero-order valence-electron chi connectivity index (χ0n) is 20.2. The van der Waals surface area contributed by atoms with E-state index in [2.05, 4.69) is 34.9 Å². The van der Waals surface area contributed by atoms with Crippen molar-refractivity contribution in [1.29, 1.82) is 0 Å². The van der Waals surface area contributed by atoms with E-state index in [0.29, 0.717) is 32.4 Å². The van der Waals surface area contributed by atoms with Crippen LogP contribution in [0.5, 0.6) is 0 Å². The van der Waals surface area contributed by atoms with Crippen LogP contribution < -0.4 is 10.6 Å². The second kappa shape index (κ2) is 11.4. The molecule has 3 N–H and O–H groups in total. The highest BCUT2D eigenvalue weighted by Gasteiger charge is 2.33. The summed E-state index contributed by atoms with van der Waals surface area (Å²) in [6.07, 6.45) is 2.95. The first kappa shape index (κ1) is 24.8. The number of carbonyl (C=O) groups is 3. The molecule has 2 aromatic rings. The molecule has 35 heavy (non-hydrogen) atoms. The van der Waals surface area contributed by atoms with Crippen LogP contribution in [0.1, 0.15) is 56.1 Å². The highest BCUT2D eigenvalue weighted by atomic mass is 16.5. The minimum Gasteiger partial charge on any atom is -0.481 e. The Kier molecular flexibility index (Phi) is 8.06. The zero-order chi connectivity index (χ0) is 24.8. The molecule has 0 bridgehead atoms. The lowest BCUT2D eigenvalue weighted by Gasteiger charge is -2.17. The quantitative estimate of drug-likeness (QED) is 0.464. The van der Waals surface area contributed by atoms with Crippen LogP contribution in [-0.4, -0.2) is 42.8 Å². The van der Waals surface area contributed by atoms with E-state index in [-0.39, 0.29) is 36.2 Å². The van der Waals surface area contributed by atoms with Crippen molar-refractivity contribution < 1.29 is 24.2 Å². The molecule has 7 heteroatoms. The Hall–Kier alpha value is -3.35. The van der Waals surface area contributed by atoms with Crippen LogP contribution in [0.2, 0.25) is 0 Å². The molecular weight excluding hydrogens is 444 g/mol. The van der Waals surface area contributed by atoms with Gasteiger partial charge in [-0.05, 0) is 53.4 Å². The topological polar surface area (TPSA) is 105 Å². The predicted molar refractivity (Wildman–Crippen MR) is 133 cm³/mol. The van der Waals surface area contributed by atoms with Crippen LogP contribution in [0.4, 0.5) is 4.79 Å². The summed E-state index contributed by atoms with van der Waals surface area (Å²) in [6.45, 7) is 3.10. The molecule has 0 saturated heterocycles. The first-order valence-corrected chi connectivity index (χ1v) is 12.5. The lowest BCUT2D eigenvalue weighted by Crippen LogP contribution is -2.34. The Bertz CT molecular complexity index is 1020. The number of aliphatic carboxylic acids is 1. The van der Waals surface area contributed by atoms with Gasteiger partial charge < -0.3 is 20.5 Å². The molecule has 186 valence electrons. The summed E-state index contributed by atoms with van der Waals surface area (Å²) in [5, 5.41) is 15.0. The van der Waals surface area contributed by atoms with Crippen molar-refractivity contribution >= 4 is 18.0 Å². The van der Waals surface area contributed by atoms with Gasteiger partial charge in [0.2, 0.25) is 5.91 Å². The molecule has 2 aromatic carbocycles. The van der Waals surface area contributed by atoms with Crippen LogP contribution >= 0.6 is 0 Å². The molecule has 0 radical (unpaired) electrons. The predicted octanol–water partition coefficient (Wildman–Crippen LogP) is 4.56. The SMILES string of the molecule is CC(CCC(=O)NCC1CCCC1C(=O)O)CNC(=O)OCC1c2ccccc2-c2ccccc21. The number of carboxylic acids is 1. The standard InChI is InChI=1S/C28H34N2O5/c1-18(13-14-26(31)29-16-19-7-6-12-20(19)27(32)33)15-30-28(34)35-17-25-23-10-4-2-8-21(23)22-9-3-5-11-24(22)25/h2-5,8-11,18-20,25H,6-7,12-17H2,1H3,(H,29,31)(H,30,34)(H,32,33). The highest BCUT2D eigenvalue weighted by molar-refractivity contribution is 5.79. The molecule has 2 amide bonds. The summed E-state index contributed by atoms with van der Waals surface area (Å²) in [7, 11) is 0. The molecule has 1 fully saturated rings. The van der Waals surface area contributed by atoms with Crippen LogP contribution in [0.15, 0.2) is 48.5 Å². The molecule has 0 aromatic heterocycles. The maximum Gasteiger partial charge on any atom is 0.407 e. The van der Waals surface area contributed by atoms with E-state index in [9.17, 15) is 19.5 Å². The number of fused-ring (bicyclic) bond motifs is 3. The molecule has 2 aliphatic carbocycles. The summed E-state index contributed by atoms with van der Waals surface area (Å²) in [5.41, 5.74) is 4.73. The number of carbonyl (C=O) groups excluding carboxylic acids is 2. The summed E-state index contributed by atoms with van der Waals surface area (Å²) >= 11 is 0. The van der Waals surface area contributed by atoms with Gasteiger partial charge in [-0.3, -0.25) is 9.59 Å². The van der Waals surface area contributed by atoms with Gasteiger partial charge in [-0.25, -0.2) is 4.79 Å². The number of hydrogen-bond donors (Lipinski definition) is 3. The molecule has 0 aliphatic heterocycles. The first-order valence-electron chi connectivity index (χ1n) is 12.5. The molecule has 2 aliphatic rings. The zero-order valence-corrected chi connectivity index (χ0v) is 20.2. The van der Waals surface area contributed by atoms with Crippen molar-refractivity contribution in [3.05, 3.63) is 59.7 Å². The largest absolute Gasteiger partial charge is 0.481 e. The molecule has 4 rings (SSSR count). The van der Waals surface area contributed by atoms with E-state index < -0.39 is 12.1 Å². The van der Waals surface area contributed by atoms with Gasteiger partial charge in [0.15, 0.2) is 0 Å². The third-order valence-electron chi connectivity index (χ3n) is 7.34. The molecule has 3 atom stereocenters. The van der Waals surface area contributed by atoms with E-state index in [1.165, 1.54) is 22.3 Å². The number of nitrogens with one attached hydrogen (secondary N) is 2. The van der Waals surface area contributed by atoms with Crippen LogP contribution in [0.3, 0.4) is 0 Å². The van der Waals surface area contributed by atoms with E-state index >= 15 is 0 Å². The second-order valence-corrected chi connectivity index (χ2v) is 9.79. The third kappa shape index (κ3) is 6.02. The van der Waals surface area contributed by atoms with Gasteiger partial charge in [-0.15, -0.1) is 0 Å². The number of ether oxygens (including phenoxy) is 1. The van der Waals surface area contributed by atoms with E-state index in [4.69, 9.17) is 4.74 Å². The van der Waals surface area contributed by atoms with Gasteiger partial charge in [-0.2, -0.15) is 0 Å². The lowest BCUT2D eigenvalue weighted by molar-refractivity contribution is -0.143. The number of rotatable bonds is 10. The summed E-state index contributed by atoms with van der Waals surface area (Å²) < 4.78 is 5.56. The Morgan fingerprint density at radius 2 is 1.66 bits per heavy atom. The maximum atomic E-state index is 12.3. The second-order valence-electron chi connectivity index (χ2n) is 9.79. The maximum absolute atomic E-state index is 12.3.